The minimum Gasteiger partial charge on any atom is -0.345 e. The van der Waals surface area contributed by atoms with Gasteiger partial charge in [0.05, 0.1) is 23.0 Å². The molecule has 0 spiro atoms. The van der Waals surface area contributed by atoms with Crippen molar-refractivity contribution >= 4 is 16.7 Å². The van der Waals surface area contributed by atoms with Crippen molar-refractivity contribution in [3.05, 3.63) is 49.4 Å². The average molecular weight is 316 g/mol. The van der Waals surface area contributed by atoms with Crippen molar-refractivity contribution in [3.63, 3.8) is 0 Å². The van der Waals surface area contributed by atoms with Crippen LogP contribution in [-0.4, -0.2) is 39.3 Å². The number of nitrogens with zero attached hydrogens (tertiary/aromatic N) is 7. The first-order chi connectivity index (χ1) is 11.8. The van der Waals surface area contributed by atoms with Gasteiger partial charge in [-0.3, -0.25) is 4.68 Å². The number of rotatable bonds is 2. The molecule has 0 aliphatic rings. The van der Waals surface area contributed by atoms with Crippen LogP contribution in [0.2, 0.25) is 0 Å². The molecule has 5 aromatic rings. The lowest BCUT2D eigenvalue weighted by molar-refractivity contribution is 0.768. The fourth-order valence-corrected chi connectivity index (χ4v) is 2.89. The topological polar surface area (TPSA) is 89.6 Å². The lowest BCUT2D eigenvalue weighted by atomic mass is 10.1. The molecule has 0 saturated carbocycles. The van der Waals surface area contributed by atoms with Crippen molar-refractivity contribution in [2.75, 3.05) is 0 Å². The van der Waals surface area contributed by atoms with Gasteiger partial charge in [0, 0.05) is 43.0 Å². The molecule has 24 heavy (non-hydrogen) atoms. The molecule has 0 aliphatic heterocycles. The Hall–Kier alpha value is -3.55. The van der Waals surface area contributed by atoms with Crippen LogP contribution in [0.15, 0.2) is 49.4 Å². The molecule has 0 aliphatic carbocycles. The van der Waals surface area contributed by atoms with Gasteiger partial charge in [0.25, 0.3) is 0 Å². The van der Waals surface area contributed by atoms with Gasteiger partial charge in [-0.05, 0) is 12.1 Å². The van der Waals surface area contributed by atoms with Gasteiger partial charge in [0.2, 0.25) is 0 Å². The van der Waals surface area contributed by atoms with Crippen molar-refractivity contribution < 1.29 is 0 Å². The molecule has 5 aromatic heterocycles. The number of hydrogen-bond donors (Lipinski definition) is 1. The molecule has 8 heteroatoms. The Balaban J connectivity index is 1.79. The SMILES string of the molecule is Cn1cc(-c2ncnc3[nH]cc(-c4ccc5nccn5n4)c23)cn1. The van der Waals surface area contributed by atoms with Crippen molar-refractivity contribution in [1.29, 1.82) is 0 Å². The van der Waals surface area contributed by atoms with Crippen LogP contribution in [0.1, 0.15) is 0 Å². The Labute approximate surface area is 135 Å². The molecule has 8 nitrogen and oxygen atoms in total. The zero-order valence-electron chi connectivity index (χ0n) is 12.7. The highest BCUT2D eigenvalue weighted by molar-refractivity contribution is 6.01. The molecule has 5 heterocycles. The quantitative estimate of drug-likeness (QED) is 0.538. The minimum absolute atomic E-state index is 0.770. The number of hydrogen-bond acceptors (Lipinski definition) is 5. The largest absolute Gasteiger partial charge is 0.345 e. The Morgan fingerprint density at radius 2 is 2.08 bits per heavy atom. The number of nitrogens with one attached hydrogen (secondary N) is 1. The number of fused-ring (bicyclic) bond motifs is 2. The second kappa shape index (κ2) is 4.72. The summed E-state index contributed by atoms with van der Waals surface area (Å²) >= 11 is 0. The van der Waals surface area contributed by atoms with Gasteiger partial charge in [0.15, 0.2) is 5.65 Å². The molecule has 0 radical (unpaired) electrons. The van der Waals surface area contributed by atoms with E-state index in [1.807, 2.05) is 37.8 Å². The standard InChI is InChI=1S/C16H12N8/c1-23-8-10(6-21-23)15-14-11(7-18-16(14)20-9-19-15)12-2-3-13-17-4-5-24(13)22-12/h2-9H,1H3,(H,18,19,20). The second-order valence-corrected chi connectivity index (χ2v) is 5.50. The highest BCUT2D eigenvalue weighted by Gasteiger charge is 2.16. The maximum atomic E-state index is 4.63. The predicted octanol–water partition coefficient (Wildman–Crippen LogP) is 2.07. The van der Waals surface area contributed by atoms with E-state index < -0.39 is 0 Å². The third-order valence-corrected chi connectivity index (χ3v) is 3.98. The van der Waals surface area contributed by atoms with Crippen molar-refractivity contribution in [1.82, 2.24) is 39.3 Å². The van der Waals surface area contributed by atoms with Gasteiger partial charge in [-0.1, -0.05) is 0 Å². The molecule has 0 atom stereocenters. The zero-order chi connectivity index (χ0) is 16.1. The maximum Gasteiger partial charge on any atom is 0.153 e. The first kappa shape index (κ1) is 12.9. The normalized spacial score (nSPS) is 11.5. The summed E-state index contributed by atoms with van der Waals surface area (Å²) in [6.07, 6.45) is 10.7. The van der Waals surface area contributed by atoms with Gasteiger partial charge in [-0.25, -0.2) is 19.5 Å². The molecular formula is C16H12N8. The number of imidazole rings is 1. The van der Waals surface area contributed by atoms with E-state index in [9.17, 15) is 0 Å². The van der Waals surface area contributed by atoms with E-state index >= 15 is 0 Å². The first-order valence-corrected chi connectivity index (χ1v) is 7.41. The molecule has 0 bridgehead atoms. The van der Waals surface area contributed by atoms with Gasteiger partial charge >= 0.3 is 0 Å². The smallest absolute Gasteiger partial charge is 0.153 e. The molecule has 1 N–H and O–H groups in total. The Morgan fingerprint density at radius 3 is 2.96 bits per heavy atom. The molecule has 0 saturated heterocycles. The van der Waals surface area contributed by atoms with E-state index in [-0.39, 0.29) is 0 Å². The Kier molecular flexibility index (Phi) is 2.55. The number of H-pyrrole nitrogens is 1. The highest BCUT2D eigenvalue weighted by atomic mass is 15.2. The van der Waals surface area contributed by atoms with Crippen LogP contribution >= 0.6 is 0 Å². The number of aryl methyl sites for hydroxylation is 1. The van der Waals surface area contributed by atoms with Crippen LogP contribution in [0, 0.1) is 0 Å². The van der Waals surface area contributed by atoms with Crippen LogP contribution in [0.25, 0.3) is 39.2 Å². The molecule has 5 rings (SSSR count). The van der Waals surface area contributed by atoms with Crippen molar-refractivity contribution in [2.24, 2.45) is 7.05 Å². The molecule has 0 fully saturated rings. The monoisotopic (exact) mass is 316 g/mol. The fraction of sp³-hybridized carbons (Fsp3) is 0.0625. The summed E-state index contributed by atoms with van der Waals surface area (Å²) in [5.74, 6) is 0. The van der Waals surface area contributed by atoms with E-state index in [0.717, 1.165) is 39.2 Å². The van der Waals surface area contributed by atoms with Crippen LogP contribution < -0.4 is 0 Å². The fourth-order valence-electron chi connectivity index (χ4n) is 2.89. The van der Waals surface area contributed by atoms with Crippen LogP contribution in [0.5, 0.6) is 0 Å². The van der Waals surface area contributed by atoms with Crippen LogP contribution in [-0.2, 0) is 7.05 Å². The molecular weight excluding hydrogens is 304 g/mol. The average Bonchev–Trinajstić information content (AvgIpc) is 3.32. The van der Waals surface area contributed by atoms with Crippen LogP contribution in [0.4, 0.5) is 0 Å². The minimum atomic E-state index is 0.770. The van der Waals surface area contributed by atoms with Gasteiger partial charge in [-0.15, -0.1) is 0 Å². The Morgan fingerprint density at radius 1 is 1.12 bits per heavy atom. The molecule has 116 valence electrons. The summed E-state index contributed by atoms with van der Waals surface area (Å²) in [6.45, 7) is 0. The van der Waals surface area contributed by atoms with E-state index in [0.29, 0.717) is 0 Å². The summed E-state index contributed by atoms with van der Waals surface area (Å²) in [4.78, 5) is 16.2. The zero-order valence-corrected chi connectivity index (χ0v) is 12.7. The summed E-state index contributed by atoms with van der Waals surface area (Å²) in [5, 5.41) is 9.79. The van der Waals surface area contributed by atoms with E-state index in [2.05, 4.69) is 30.1 Å². The molecule has 0 aromatic carbocycles. The maximum absolute atomic E-state index is 4.63. The third kappa shape index (κ3) is 1.83. The number of aromatic nitrogens is 8. The predicted molar refractivity (Wildman–Crippen MR) is 88.1 cm³/mol. The lowest BCUT2D eigenvalue weighted by Gasteiger charge is -2.03. The summed E-state index contributed by atoms with van der Waals surface area (Å²) in [7, 11) is 1.88. The van der Waals surface area contributed by atoms with Gasteiger partial charge < -0.3 is 4.98 Å². The van der Waals surface area contributed by atoms with E-state index in [4.69, 9.17) is 0 Å². The van der Waals surface area contributed by atoms with Crippen LogP contribution in [0.3, 0.4) is 0 Å². The van der Waals surface area contributed by atoms with Gasteiger partial charge in [0.1, 0.15) is 12.0 Å². The van der Waals surface area contributed by atoms with Gasteiger partial charge in [-0.2, -0.15) is 10.2 Å². The van der Waals surface area contributed by atoms with E-state index in [1.165, 1.54) is 0 Å². The lowest BCUT2D eigenvalue weighted by Crippen LogP contribution is -1.93. The first-order valence-electron chi connectivity index (χ1n) is 7.41. The third-order valence-electron chi connectivity index (χ3n) is 3.98. The summed E-state index contributed by atoms with van der Waals surface area (Å²) in [5.41, 5.74) is 5.12. The summed E-state index contributed by atoms with van der Waals surface area (Å²) in [6, 6.07) is 3.89. The van der Waals surface area contributed by atoms with Crippen molar-refractivity contribution in [3.8, 4) is 22.5 Å². The highest BCUT2D eigenvalue weighted by Crippen LogP contribution is 2.33. The number of aromatic amines is 1. The van der Waals surface area contributed by atoms with E-state index in [1.54, 1.807) is 27.9 Å². The summed E-state index contributed by atoms with van der Waals surface area (Å²) < 4.78 is 3.51. The Bertz CT molecular complexity index is 1180. The molecule has 0 unspecified atom stereocenters. The second-order valence-electron chi connectivity index (χ2n) is 5.50. The van der Waals surface area contributed by atoms with Crippen molar-refractivity contribution in [2.45, 2.75) is 0 Å². The molecule has 0 amide bonds.